The predicted octanol–water partition coefficient (Wildman–Crippen LogP) is 13.2. The third kappa shape index (κ3) is 4.20. The van der Waals surface area contributed by atoms with Crippen molar-refractivity contribution < 1.29 is 0 Å². The number of aryl methyl sites for hydroxylation is 1. The minimum absolute atomic E-state index is 0.618. The molecule has 0 fully saturated rings. The van der Waals surface area contributed by atoms with Gasteiger partial charge in [-0.25, -0.2) is 20.0 Å². The number of nitrogens with zero attached hydrogens (tertiary/aromatic N) is 4. The highest BCUT2D eigenvalue weighted by Crippen LogP contribution is 2.59. The molecule has 0 spiro atoms. The smallest absolute Gasteiger partial charge is 0.246 e. The van der Waals surface area contributed by atoms with E-state index in [4.69, 9.17) is 9.97 Å². The molecule has 10 aromatic rings. The van der Waals surface area contributed by atoms with Gasteiger partial charge in [-0.2, -0.15) is 0 Å². The van der Waals surface area contributed by atoms with Crippen molar-refractivity contribution in [2.24, 2.45) is 0 Å². The lowest BCUT2D eigenvalue weighted by Crippen LogP contribution is -2.40. The molecule has 4 nitrogen and oxygen atoms in total. The first-order chi connectivity index (χ1) is 25.7. The molecule has 0 bridgehead atoms. The van der Waals surface area contributed by atoms with Crippen LogP contribution in [0.25, 0.3) is 75.0 Å². The van der Waals surface area contributed by atoms with E-state index >= 15 is 0 Å². The fraction of sp³-hybridized carbons (Fsp3) is 0.0213. The molecule has 1 aliphatic rings. The maximum Gasteiger partial charge on any atom is 0.251 e. The van der Waals surface area contributed by atoms with Gasteiger partial charge in [-0.3, -0.25) is 0 Å². The maximum atomic E-state index is 5.54. The summed E-state index contributed by atoms with van der Waals surface area (Å²) in [5, 5.41) is 13.1. The highest BCUT2D eigenvalue weighted by Gasteiger charge is 2.38. The Bertz CT molecular complexity index is 3040. The number of hydrogen-bond donors (Lipinski definition) is 0. The SMILES string of the molecule is Cc1ccc(N2c3ccc4ccccc4c3-c3c(c4sc5ccccc5c4c4ccccc34)N2c2nc(-c3ccccc3)c3ccccc3n2)cc1. The lowest BCUT2D eigenvalue weighted by molar-refractivity contribution is 0.933. The van der Waals surface area contributed by atoms with E-state index in [1.165, 1.54) is 58.4 Å². The summed E-state index contributed by atoms with van der Waals surface area (Å²) in [6, 6.07) is 58.7. The zero-order chi connectivity index (χ0) is 34.3. The number of benzene rings is 8. The van der Waals surface area contributed by atoms with E-state index in [1.54, 1.807) is 0 Å². The maximum absolute atomic E-state index is 5.54. The number of anilines is 4. The highest BCUT2D eigenvalue weighted by molar-refractivity contribution is 7.26. The molecular formula is C47H30N4S. The second kappa shape index (κ2) is 11.2. The van der Waals surface area contributed by atoms with Crippen molar-refractivity contribution in [3.8, 4) is 22.4 Å². The summed E-state index contributed by atoms with van der Waals surface area (Å²) in [6.07, 6.45) is 0. The number of hydrogen-bond acceptors (Lipinski definition) is 5. The molecule has 8 aromatic carbocycles. The lowest BCUT2D eigenvalue weighted by Gasteiger charge is -2.43. The van der Waals surface area contributed by atoms with Crippen molar-refractivity contribution in [2.75, 3.05) is 10.0 Å². The van der Waals surface area contributed by atoms with E-state index in [2.05, 4.69) is 181 Å². The van der Waals surface area contributed by atoms with Gasteiger partial charge in [-0.1, -0.05) is 139 Å². The molecule has 0 radical (unpaired) electrons. The van der Waals surface area contributed by atoms with E-state index in [0.29, 0.717) is 5.95 Å². The van der Waals surface area contributed by atoms with Crippen molar-refractivity contribution in [3.05, 3.63) is 169 Å². The van der Waals surface area contributed by atoms with E-state index in [9.17, 15) is 0 Å². The van der Waals surface area contributed by atoms with Crippen LogP contribution in [0.1, 0.15) is 5.56 Å². The minimum atomic E-state index is 0.618. The van der Waals surface area contributed by atoms with Crippen molar-refractivity contribution in [1.29, 1.82) is 0 Å². The second-order valence-electron chi connectivity index (χ2n) is 13.5. The van der Waals surface area contributed by atoms with Crippen LogP contribution in [0.2, 0.25) is 0 Å². The van der Waals surface area contributed by atoms with Gasteiger partial charge >= 0.3 is 0 Å². The summed E-state index contributed by atoms with van der Waals surface area (Å²) in [5.74, 6) is 0.618. The molecule has 5 heteroatoms. The first-order valence-corrected chi connectivity index (χ1v) is 18.4. The van der Waals surface area contributed by atoms with E-state index < -0.39 is 0 Å². The first-order valence-electron chi connectivity index (χ1n) is 17.6. The van der Waals surface area contributed by atoms with Gasteiger partial charge in [0, 0.05) is 37.5 Å². The summed E-state index contributed by atoms with van der Waals surface area (Å²) in [7, 11) is 0. The Kier molecular flexibility index (Phi) is 6.30. The quantitative estimate of drug-likeness (QED) is 0.186. The first kappa shape index (κ1) is 29.2. The monoisotopic (exact) mass is 682 g/mol. The predicted molar refractivity (Wildman–Crippen MR) is 220 cm³/mol. The molecule has 1 aliphatic heterocycles. The molecule has 0 unspecified atom stereocenters. The summed E-state index contributed by atoms with van der Waals surface area (Å²) < 4.78 is 2.47. The van der Waals surface area contributed by atoms with Crippen molar-refractivity contribution in [2.45, 2.75) is 6.92 Å². The molecule has 52 heavy (non-hydrogen) atoms. The number of fused-ring (bicyclic) bond motifs is 13. The number of rotatable bonds is 3. The molecule has 3 heterocycles. The van der Waals surface area contributed by atoms with Crippen LogP contribution >= 0.6 is 11.3 Å². The highest BCUT2D eigenvalue weighted by atomic mass is 32.1. The van der Waals surface area contributed by atoms with Crippen molar-refractivity contribution in [3.63, 3.8) is 0 Å². The average molecular weight is 683 g/mol. The molecular weight excluding hydrogens is 653 g/mol. The van der Waals surface area contributed by atoms with Gasteiger partial charge in [0.2, 0.25) is 0 Å². The summed E-state index contributed by atoms with van der Waals surface area (Å²) >= 11 is 1.85. The topological polar surface area (TPSA) is 32.3 Å². The Morgan fingerprint density at radius 1 is 0.500 bits per heavy atom. The summed E-state index contributed by atoms with van der Waals surface area (Å²) in [6.45, 7) is 2.14. The zero-order valence-electron chi connectivity index (χ0n) is 28.3. The normalized spacial score (nSPS) is 12.6. The van der Waals surface area contributed by atoms with Gasteiger partial charge in [0.1, 0.15) is 0 Å². The van der Waals surface area contributed by atoms with Gasteiger partial charge in [0.25, 0.3) is 5.95 Å². The van der Waals surface area contributed by atoms with E-state index in [-0.39, 0.29) is 0 Å². The number of hydrazine groups is 1. The Labute approximate surface area is 304 Å². The van der Waals surface area contributed by atoms with Crippen LogP contribution in [-0.2, 0) is 0 Å². The summed E-state index contributed by atoms with van der Waals surface area (Å²) in [5.41, 5.74) is 9.68. The molecule has 244 valence electrons. The molecule has 0 amide bonds. The Balaban J connectivity index is 1.37. The Morgan fingerprint density at radius 3 is 2.00 bits per heavy atom. The van der Waals surface area contributed by atoms with Gasteiger partial charge in [-0.05, 0) is 58.8 Å². The zero-order valence-corrected chi connectivity index (χ0v) is 29.1. The average Bonchev–Trinajstić information content (AvgIpc) is 3.60. The van der Waals surface area contributed by atoms with Crippen LogP contribution in [0.3, 0.4) is 0 Å². The van der Waals surface area contributed by atoms with Crippen LogP contribution in [0.5, 0.6) is 0 Å². The molecule has 0 saturated carbocycles. The van der Waals surface area contributed by atoms with Crippen LogP contribution in [0.15, 0.2) is 164 Å². The fourth-order valence-corrected chi connectivity index (χ4v) is 9.36. The Hall–Kier alpha value is -6.56. The number of para-hydroxylation sites is 1. The molecule has 0 saturated heterocycles. The van der Waals surface area contributed by atoms with Crippen molar-refractivity contribution >= 4 is 87.0 Å². The third-order valence-corrected chi connectivity index (χ3v) is 11.6. The van der Waals surface area contributed by atoms with Gasteiger partial charge in [0.15, 0.2) is 0 Å². The van der Waals surface area contributed by atoms with Gasteiger partial charge < -0.3 is 0 Å². The van der Waals surface area contributed by atoms with E-state index in [0.717, 1.165) is 39.2 Å². The molecule has 0 aliphatic carbocycles. The van der Waals surface area contributed by atoms with Crippen LogP contribution in [-0.4, -0.2) is 9.97 Å². The second-order valence-corrected chi connectivity index (χ2v) is 14.5. The van der Waals surface area contributed by atoms with Gasteiger partial charge in [-0.15, -0.1) is 11.3 Å². The fourth-order valence-electron chi connectivity index (χ4n) is 8.11. The lowest BCUT2D eigenvalue weighted by atomic mass is 9.87. The number of aromatic nitrogens is 2. The molecule has 0 N–H and O–H groups in total. The molecule has 2 aromatic heterocycles. The Morgan fingerprint density at radius 2 is 1.17 bits per heavy atom. The van der Waals surface area contributed by atoms with Gasteiger partial charge in [0.05, 0.1) is 33.0 Å². The van der Waals surface area contributed by atoms with Crippen molar-refractivity contribution in [1.82, 2.24) is 9.97 Å². The molecule has 11 rings (SSSR count). The van der Waals surface area contributed by atoms with E-state index in [1.807, 2.05) is 11.3 Å². The largest absolute Gasteiger partial charge is 0.251 e. The summed E-state index contributed by atoms with van der Waals surface area (Å²) in [4.78, 5) is 11.0. The van der Waals surface area contributed by atoms with Crippen LogP contribution in [0, 0.1) is 6.92 Å². The standard InChI is InChI=1S/C47H30N4S/c1-29-23-26-32(27-24-29)50-39-28-25-30-13-5-6-16-33(30)42(39)43-35-18-8-7-17-34(35)41-37-20-10-12-22-40(37)52-46(41)45(43)51(50)47-48-38-21-11-9-19-36(38)44(49-47)31-14-3-2-4-15-31/h2-28H,1H3. The van der Waals surface area contributed by atoms with Crippen LogP contribution in [0.4, 0.5) is 23.0 Å². The number of thiophene rings is 1. The van der Waals surface area contributed by atoms with Crippen LogP contribution < -0.4 is 10.0 Å². The molecule has 0 atom stereocenters. The third-order valence-electron chi connectivity index (χ3n) is 10.4. The minimum Gasteiger partial charge on any atom is -0.246 e.